The standard InChI is InChI=1S/C19H20N4O2/c1-9-3-6-14(24)10(2)15(9)12-8-23-13(16(17(12)20)18(21)25)7-22-19(23)11-4-5-11/h3,6-8,11,24H,4-5,20H2,1-2H3,(H2,21,25). The molecule has 0 saturated heterocycles. The Kier molecular flexibility index (Phi) is 3.25. The number of fused-ring (bicyclic) bond motifs is 1. The highest BCUT2D eigenvalue weighted by atomic mass is 16.3. The minimum Gasteiger partial charge on any atom is -0.508 e. The molecule has 0 unspecified atom stereocenters. The van der Waals surface area contributed by atoms with Crippen LogP contribution in [-0.4, -0.2) is 20.4 Å². The lowest BCUT2D eigenvalue weighted by Crippen LogP contribution is -2.16. The lowest BCUT2D eigenvalue weighted by molar-refractivity contribution is 0.100. The second kappa shape index (κ2) is 5.24. The summed E-state index contributed by atoms with van der Waals surface area (Å²) in [6.07, 6.45) is 5.76. The Bertz CT molecular complexity index is 1030. The fraction of sp³-hybridized carbons (Fsp3) is 0.263. The van der Waals surface area contributed by atoms with Gasteiger partial charge in [0.1, 0.15) is 11.6 Å². The Morgan fingerprint density at radius 2 is 2.04 bits per heavy atom. The zero-order chi connectivity index (χ0) is 17.9. The molecule has 1 aliphatic carbocycles. The number of phenolic OH excluding ortho intramolecular Hbond substituents is 1. The summed E-state index contributed by atoms with van der Waals surface area (Å²) in [6.45, 7) is 3.78. The smallest absolute Gasteiger partial charge is 0.253 e. The summed E-state index contributed by atoms with van der Waals surface area (Å²) in [6, 6.07) is 3.49. The van der Waals surface area contributed by atoms with Gasteiger partial charge < -0.3 is 21.0 Å². The van der Waals surface area contributed by atoms with Crippen LogP contribution in [0.4, 0.5) is 5.69 Å². The summed E-state index contributed by atoms with van der Waals surface area (Å²) in [7, 11) is 0. The number of carbonyl (C=O) groups excluding carboxylic acids is 1. The Morgan fingerprint density at radius 3 is 2.68 bits per heavy atom. The van der Waals surface area contributed by atoms with E-state index in [0.717, 1.165) is 35.4 Å². The topological polar surface area (TPSA) is 107 Å². The molecule has 25 heavy (non-hydrogen) atoms. The molecule has 0 radical (unpaired) electrons. The fourth-order valence-electron chi connectivity index (χ4n) is 3.52. The number of aromatic nitrogens is 2. The molecule has 6 heteroatoms. The second-order valence-electron chi connectivity index (χ2n) is 6.74. The van der Waals surface area contributed by atoms with E-state index in [1.54, 1.807) is 12.3 Å². The van der Waals surface area contributed by atoms with Crippen LogP contribution < -0.4 is 11.5 Å². The van der Waals surface area contributed by atoms with Gasteiger partial charge in [-0.2, -0.15) is 0 Å². The number of anilines is 1. The van der Waals surface area contributed by atoms with Crippen LogP contribution in [0.5, 0.6) is 5.75 Å². The van der Waals surface area contributed by atoms with E-state index in [-0.39, 0.29) is 11.3 Å². The quantitative estimate of drug-likeness (QED) is 0.683. The van der Waals surface area contributed by atoms with E-state index in [1.165, 1.54) is 0 Å². The first kappa shape index (κ1) is 15.5. The van der Waals surface area contributed by atoms with Crippen molar-refractivity contribution in [3.8, 4) is 16.9 Å². The summed E-state index contributed by atoms with van der Waals surface area (Å²) in [5, 5.41) is 10.1. The summed E-state index contributed by atoms with van der Waals surface area (Å²) in [5.74, 6) is 0.941. The number of pyridine rings is 1. The zero-order valence-corrected chi connectivity index (χ0v) is 14.2. The van der Waals surface area contributed by atoms with Gasteiger partial charge in [0.05, 0.1) is 23.0 Å². The average molecular weight is 336 g/mol. The predicted octanol–water partition coefficient (Wildman–Crippen LogP) is 2.88. The Hall–Kier alpha value is -3.02. The zero-order valence-electron chi connectivity index (χ0n) is 14.2. The van der Waals surface area contributed by atoms with Gasteiger partial charge in [0.25, 0.3) is 5.91 Å². The van der Waals surface area contributed by atoms with Crippen LogP contribution in [0.1, 0.15) is 46.1 Å². The lowest BCUT2D eigenvalue weighted by Gasteiger charge is -2.17. The molecular formula is C19H20N4O2. The molecule has 2 heterocycles. The van der Waals surface area contributed by atoms with Crippen LogP contribution >= 0.6 is 0 Å². The predicted molar refractivity (Wildman–Crippen MR) is 96.7 cm³/mol. The molecule has 0 spiro atoms. The van der Waals surface area contributed by atoms with Crippen LogP contribution in [-0.2, 0) is 0 Å². The number of imidazole rings is 1. The number of primary amides is 1. The number of benzene rings is 1. The maximum absolute atomic E-state index is 12.1. The molecule has 1 saturated carbocycles. The van der Waals surface area contributed by atoms with Gasteiger partial charge in [0, 0.05) is 17.7 Å². The number of carbonyl (C=O) groups is 1. The number of aromatic hydroxyl groups is 1. The molecular weight excluding hydrogens is 316 g/mol. The van der Waals surface area contributed by atoms with Crippen molar-refractivity contribution in [3.05, 3.63) is 47.0 Å². The van der Waals surface area contributed by atoms with E-state index in [1.807, 2.05) is 30.5 Å². The molecule has 5 N–H and O–H groups in total. The Labute approximate surface area is 145 Å². The summed E-state index contributed by atoms with van der Waals surface area (Å²) < 4.78 is 1.92. The van der Waals surface area contributed by atoms with Crippen molar-refractivity contribution >= 4 is 17.1 Å². The maximum Gasteiger partial charge on any atom is 0.253 e. The molecule has 2 aromatic heterocycles. The van der Waals surface area contributed by atoms with E-state index in [2.05, 4.69) is 4.98 Å². The highest BCUT2D eigenvalue weighted by Gasteiger charge is 2.30. The largest absolute Gasteiger partial charge is 0.508 e. The van der Waals surface area contributed by atoms with Gasteiger partial charge in [0.15, 0.2) is 0 Å². The molecule has 1 aliphatic rings. The molecule has 1 aromatic carbocycles. The maximum atomic E-state index is 12.1. The van der Waals surface area contributed by atoms with Crippen molar-refractivity contribution in [2.75, 3.05) is 5.73 Å². The van der Waals surface area contributed by atoms with Crippen molar-refractivity contribution in [1.82, 2.24) is 9.38 Å². The number of hydrogen-bond donors (Lipinski definition) is 3. The van der Waals surface area contributed by atoms with Gasteiger partial charge in [0.2, 0.25) is 0 Å². The first-order valence-corrected chi connectivity index (χ1v) is 8.29. The van der Waals surface area contributed by atoms with Crippen LogP contribution in [0, 0.1) is 13.8 Å². The number of nitrogens with two attached hydrogens (primary N) is 2. The molecule has 6 nitrogen and oxygen atoms in total. The fourth-order valence-corrected chi connectivity index (χ4v) is 3.52. The van der Waals surface area contributed by atoms with E-state index in [9.17, 15) is 9.90 Å². The highest BCUT2D eigenvalue weighted by Crippen LogP contribution is 2.42. The molecule has 3 aromatic rings. The first-order chi connectivity index (χ1) is 11.9. The van der Waals surface area contributed by atoms with Gasteiger partial charge in [-0.3, -0.25) is 4.79 Å². The molecule has 128 valence electrons. The summed E-state index contributed by atoms with van der Waals surface area (Å²) >= 11 is 0. The van der Waals surface area contributed by atoms with Crippen molar-refractivity contribution in [2.24, 2.45) is 5.73 Å². The second-order valence-corrected chi connectivity index (χ2v) is 6.74. The number of nitrogen functional groups attached to an aromatic ring is 1. The number of aryl methyl sites for hydroxylation is 1. The van der Waals surface area contributed by atoms with Gasteiger partial charge in [-0.25, -0.2) is 4.98 Å². The van der Waals surface area contributed by atoms with Gasteiger partial charge in [-0.1, -0.05) is 6.07 Å². The lowest BCUT2D eigenvalue weighted by atomic mass is 9.93. The van der Waals surface area contributed by atoms with Crippen LogP contribution in [0.25, 0.3) is 16.6 Å². The third-order valence-electron chi connectivity index (χ3n) is 5.00. The number of rotatable bonds is 3. The van der Waals surface area contributed by atoms with Gasteiger partial charge in [-0.15, -0.1) is 0 Å². The molecule has 0 atom stereocenters. The van der Waals surface area contributed by atoms with Crippen molar-refractivity contribution in [1.29, 1.82) is 0 Å². The molecule has 0 aliphatic heterocycles. The van der Waals surface area contributed by atoms with E-state index in [0.29, 0.717) is 22.7 Å². The van der Waals surface area contributed by atoms with E-state index >= 15 is 0 Å². The minimum absolute atomic E-state index is 0.189. The van der Waals surface area contributed by atoms with Crippen molar-refractivity contribution in [2.45, 2.75) is 32.6 Å². The van der Waals surface area contributed by atoms with E-state index in [4.69, 9.17) is 11.5 Å². The SMILES string of the molecule is Cc1ccc(O)c(C)c1-c1cn2c(C3CC3)ncc2c(C(N)=O)c1N. The summed E-state index contributed by atoms with van der Waals surface area (Å²) in [4.78, 5) is 16.6. The van der Waals surface area contributed by atoms with Crippen molar-refractivity contribution < 1.29 is 9.90 Å². The third-order valence-corrected chi connectivity index (χ3v) is 5.00. The number of amides is 1. The van der Waals surface area contributed by atoms with E-state index < -0.39 is 5.91 Å². The van der Waals surface area contributed by atoms with Gasteiger partial charge >= 0.3 is 0 Å². The minimum atomic E-state index is -0.581. The Balaban J connectivity index is 2.11. The molecule has 0 bridgehead atoms. The normalized spacial score (nSPS) is 14.2. The third kappa shape index (κ3) is 2.25. The van der Waals surface area contributed by atoms with Crippen molar-refractivity contribution in [3.63, 3.8) is 0 Å². The molecule has 4 rings (SSSR count). The van der Waals surface area contributed by atoms with Crippen LogP contribution in [0.15, 0.2) is 24.5 Å². The first-order valence-electron chi connectivity index (χ1n) is 8.29. The number of hydrogen-bond acceptors (Lipinski definition) is 4. The number of nitrogens with zero attached hydrogens (tertiary/aromatic N) is 2. The molecule has 1 fully saturated rings. The summed E-state index contributed by atoms with van der Waals surface area (Å²) in [5.41, 5.74) is 16.4. The molecule has 1 amide bonds. The monoisotopic (exact) mass is 336 g/mol. The average Bonchev–Trinajstić information content (AvgIpc) is 3.32. The Morgan fingerprint density at radius 1 is 1.32 bits per heavy atom. The van der Waals surface area contributed by atoms with Gasteiger partial charge in [-0.05, 0) is 49.4 Å². The number of phenols is 1. The van der Waals surface area contributed by atoms with Crippen LogP contribution in [0.2, 0.25) is 0 Å². The highest BCUT2D eigenvalue weighted by molar-refractivity contribution is 6.08. The van der Waals surface area contributed by atoms with Crippen LogP contribution in [0.3, 0.4) is 0 Å².